The highest BCUT2D eigenvalue weighted by Crippen LogP contribution is 2.17. The van der Waals surface area contributed by atoms with Crippen LogP contribution >= 0.6 is 0 Å². The molecule has 5 heteroatoms. The fourth-order valence-corrected chi connectivity index (χ4v) is 0.879. The Hall–Kier alpha value is -1.91. The largest absolute Gasteiger partial charge is 0.480 e. The zero-order chi connectivity index (χ0) is 10.4. The normalized spacial score (nSPS) is 10.1. The third-order valence-electron chi connectivity index (χ3n) is 1.49. The molecule has 0 aliphatic rings. The summed E-state index contributed by atoms with van der Waals surface area (Å²) in [7, 11) is 2.95. The molecule has 1 aromatic rings. The molecule has 0 bridgehead atoms. The second-order valence-corrected chi connectivity index (χ2v) is 2.32. The lowest BCUT2D eigenvalue weighted by atomic mass is 10.3. The average Bonchev–Trinajstić information content (AvgIpc) is 2.26. The molecule has 0 radical (unpaired) electrons. The number of aldehydes is 1. The zero-order valence-corrected chi connectivity index (χ0v) is 7.93. The molecule has 0 aliphatic heterocycles. The molecule has 1 heterocycles. The standard InChI is InChI=1S/C9H10N2O3/c1-13-8-7(4-3-5-12)6-10-9(11-8)14-2/h3-6H,1-2H3. The molecule has 0 N–H and O–H groups in total. The minimum absolute atomic E-state index is 0.227. The van der Waals surface area contributed by atoms with E-state index in [1.54, 1.807) is 6.08 Å². The first-order chi connectivity index (χ1) is 6.81. The van der Waals surface area contributed by atoms with Crippen molar-refractivity contribution in [2.75, 3.05) is 14.2 Å². The fourth-order valence-electron chi connectivity index (χ4n) is 0.879. The predicted octanol–water partition coefficient (Wildman–Crippen LogP) is 0.706. The van der Waals surface area contributed by atoms with Crippen LogP contribution in [0.2, 0.25) is 0 Å². The third kappa shape index (κ3) is 2.29. The molecule has 1 rings (SSSR count). The molecule has 0 atom stereocenters. The number of allylic oxidation sites excluding steroid dienone is 1. The second-order valence-electron chi connectivity index (χ2n) is 2.32. The highest BCUT2D eigenvalue weighted by Gasteiger charge is 2.04. The van der Waals surface area contributed by atoms with Gasteiger partial charge in [-0.05, 0) is 12.2 Å². The summed E-state index contributed by atoms with van der Waals surface area (Å²) in [5.41, 5.74) is 0.625. The molecule has 0 fully saturated rings. The first-order valence-electron chi connectivity index (χ1n) is 3.88. The maximum atomic E-state index is 10.1. The number of carbonyl (C=O) groups excluding carboxylic acids is 1. The van der Waals surface area contributed by atoms with E-state index < -0.39 is 0 Å². The Bertz CT molecular complexity index is 350. The topological polar surface area (TPSA) is 61.3 Å². The van der Waals surface area contributed by atoms with Crippen molar-refractivity contribution in [3.63, 3.8) is 0 Å². The zero-order valence-electron chi connectivity index (χ0n) is 7.93. The fraction of sp³-hybridized carbons (Fsp3) is 0.222. The van der Waals surface area contributed by atoms with Crippen molar-refractivity contribution in [1.82, 2.24) is 9.97 Å². The van der Waals surface area contributed by atoms with Crippen LogP contribution in [0.25, 0.3) is 6.08 Å². The molecule has 0 unspecified atom stereocenters. The number of carbonyl (C=O) groups is 1. The quantitative estimate of drug-likeness (QED) is 0.521. The van der Waals surface area contributed by atoms with Crippen LogP contribution in [0.1, 0.15) is 5.56 Å². The van der Waals surface area contributed by atoms with E-state index >= 15 is 0 Å². The van der Waals surface area contributed by atoms with Crippen LogP contribution < -0.4 is 9.47 Å². The van der Waals surface area contributed by atoms with Crippen LogP contribution in [0.4, 0.5) is 0 Å². The first-order valence-corrected chi connectivity index (χ1v) is 3.88. The number of methoxy groups -OCH3 is 2. The van der Waals surface area contributed by atoms with E-state index in [2.05, 4.69) is 9.97 Å². The van der Waals surface area contributed by atoms with E-state index in [1.807, 2.05) is 0 Å². The average molecular weight is 194 g/mol. The van der Waals surface area contributed by atoms with Crippen molar-refractivity contribution in [1.29, 1.82) is 0 Å². The number of aromatic nitrogens is 2. The summed E-state index contributed by atoms with van der Waals surface area (Å²) in [6.07, 6.45) is 5.09. The smallest absolute Gasteiger partial charge is 0.319 e. The number of nitrogens with zero attached hydrogens (tertiary/aromatic N) is 2. The molecule has 0 aliphatic carbocycles. The molecule has 0 amide bonds. The summed E-state index contributed by atoms with van der Waals surface area (Å²) in [6, 6.07) is 0.227. The Morgan fingerprint density at radius 3 is 2.71 bits per heavy atom. The Morgan fingerprint density at radius 1 is 1.36 bits per heavy atom. The van der Waals surface area contributed by atoms with Crippen LogP contribution in [0.5, 0.6) is 11.9 Å². The van der Waals surface area contributed by atoms with Crippen molar-refractivity contribution in [3.05, 3.63) is 17.8 Å². The molecule has 0 saturated heterocycles. The van der Waals surface area contributed by atoms with Gasteiger partial charge in [-0.1, -0.05) is 0 Å². The van der Waals surface area contributed by atoms with Crippen molar-refractivity contribution >= 4 is 12.4 Å². The van der Waals surface area contributed by atoms with Crippen LogP contribution in [-0.4, -0.2) is 30.5 Å². The van der Waals surface area contributed by atoms with E-state index in [0.29, 0.717) is 17.7 Å². The summed E-state index contributed by atoms with van der Waals surface area (Å²) < 4.78 is 9.81. The van der Waals surface area contributed by atoms with Crippen molar-refractivity contribution < 1.29 is 14.3 Å². The molecule has 5 nitrogen and oxygen atoms in total. The van der Waals surface area contributed by atoms with E-state index in [0.717, 1.165) is 0 Å². The number of rotatable bonds is 4. The Morgan fingerprint density at radius 2 is 2.14 bits per heavy atom. The Balaban J connectivity index is 3.04. The van der Waals surface area contributed by atoms with Gasteiger partial charge in [-0.15, -0.1) is 0 Å². The first kappa shape index (κ1) is 10.2. The van der Waals surface area contributed by atoms with Gasteiger partial charge in [-0.3, -0.25) is 4.79 Å². The van der Waals surface area contributed by atoms with Gasteiger partial charge in [0.2, 0.25) is 5.88 Å². The summed E-state index contributed by atoms with van der Waals surface area (Å²) >= 11 is 0. The maximum absolute atomic E-state index is 10.1. The van der Waals surface area contributed by atoms with Gasteiger partial charge in [-0.2, -0.15) is 4.98 Å². The van der Waals surface area contributed by atoms with Crippen molar-refractivity contribution in [2.24, 2.45) is 0 Å². The lowest BCUT2D eigenvalue weighted by Crippen LogP contribution is -1.97. The van der Waals surface area contributed by atoms with Gasteiger partial charge >= 0.3 is 6.01 Å². The van der Waals surface area contributed by atoms with Gasteiger partial charge in [0.15, 0.2) is 0 Å². The lowest BCUT2D eigenvalue weighted by Gasteiger charge is -2.03. The van der Waals surface area contributed by atoms with Crippen molar-refractivity contribution in [3.8, 4) is 11.9 Å². The summed E-state index contributed by atoms with van der Waals surface area (Å²) in [6.45, 7) is 0. The summed E-state index contributed by atoms with van der Waals surface area (Å²) in [4.78, 5) is 17.9. The second kappa shape index (κ2) is 4.96. The summed E-state index contributed by atoms with van der Waals surface area (Å²) in [5.74, 6) is 0.370. The monoisotopic (exact) mass is 194 g/mol. The number of hydrogen-bond donors (Lipinski definition) is 0. The van der Waals surface area contributed by atoms with Crippen LogP contribution in [0.15, 0.2) is 12.3 Å². The summed E-state index contributed by atoms with van der Waals surface area (Å²) in [5, 5.41) is 0. The molecule has 74 valence electrons. The van der Waals surface area contributed by atoms with Crippen LogP contribution in [-0.2, 0) is 4.79 Å². The minimum Gasteiger partial charge on any atom is -0.480 e. The lowest BCUT2D eigenvalue weighted by molar-refractivity contribution is -0.104. The van der Waals surface area contributed by atoms with E-state index in [9.17, 15) is 4.79 Å². The molecular weight excluding hydrogens is 184 g/mol. The maximum Gasteiger partial charge on any atom is 0.319 e. The van der Waals surface area contributed by atoms with Crippen LogP contribution in [0, 0.1) is 0 Å². The molecule has 1 aromatic heterocycles. The van der Waals surface area contributed by atoms with Gasteiger partial charge in [0.25, 0.3) is 0 Å². The Kier molecular flexibility index (Phi) is 3.60. The van der Waals surface area contributed by atoms with E-state index in [1.165, 1.54) is 26.5 Å². The van der Waals surface area contributed by atoms with E-state index in [-0.39, 0.29) is 6.01 Å². The van der Waals surface area contributed by atoms with Gasteiger partial charge in [0.1, 0.15) is 6.29 Å². The highest BCUT2D eigenvalue weighted by molar-refractivity contribution is 5.74. The van der Waals surface area contributed by atoms with Gasteiger partial charge < -0.3 is 9.47 Å². The van der Waals surface area contributed by atoms with Crippen molar-refractivity contribution in [2.45, 2.75) is 0 Å². The molecule has 14 heavy (non-hydrogen) atoms. The molecule has 0 spiro atoms. The van der Waals surface area contributed by atoms with Crippen LogP contribution in [0.3, 0.4) is 0 Å². The third-order valence-corrected chi connectivity index (χ3v) is 1.49. The molecular formula is C9H10N2O3. The molecule has 0 aromatic carbocycles. The molecule has 0 saturated carbocycles. The van der Waals surface area contributed by atoms with Gasteiger partial charge in [-0.25, -0.2) is 4.98 Å². The predicted molar refractivity (Wildman–Crippen MR) is 50.2 cm³/mol. The minimum atomic E-state index is 0.227. The van der Waals surface area contributed by atoms with Gasteiger partial charge in [0, 0.05) is 6.20 Å². The number of hydrogen-bond acceptors (Lipinski definition) is 5. The SMILES string of the molecule is COc1ncc(C=CC=O)c(OC)n1. The van der Waals surface area contributed by atoms with Gasteiger partial charge in [0.05, 0.1) is 19.8 Å². The number of ether oxygens (including phenoxy) is 2. The highest BCUT2D eigenvalue weighted by atomic mass is 16.5. The Labute approximate surface area is 81.4 Å². The van der Waals surface area contributed by atoms with E-state index in [4.69, 9.17) is 9.47 Å².